The fourth-order valence-electron chi connectivity index (χ4n) is 3.23. The number of aliphatic hydroxyl groups excluding tert-OH is 2. The molecule has 0 saturated carbocycles. The molecule has 0 amide bonds. The molecule has 0 spiro atoms. The molecule has 0 aromatic carbocycles. The summed E-state index contributed by atoms with van der Waals surface area (Å²) in [6.45, 7) is -0.600. The molecule has 2 aliphatic heterocycles. The van der Waals surface area contributed by atoms with Crippen molar-refractivity contribution in [3.63, 3.8) is 0 Å². The Morgan fingerprint density at radius 1 is 1.33 bits per heavy atom. The Morgan fingerprint density at radius 2 is 2.07 bits per heavy atom. The van der Waals surface area contributed by atoms with Gasteiger partial charge in [-0.1, -0.05) is 0 Å². The Balaban J connectivity index is 1.72. The van der Waals surface area contributed by atoms with Crippen LogP contribution >= 0.6 is 7.82 Å². The number of nitrogens with two attached hydrogens (primary N) is 1. The summed E-state index contributed by atoms with van der Waals surface area (Å²) < 4.78 is 22.3. The van der Waals surface area contributed by atoms with Crippen molar-refractivity contribution in [1.29, 1.82) is 0 Å². The van der Waals surface area contributed by atoms with Crippen LogP contribution in [-0.4, -0.2) is 72.3 Å². The van der Waals surface area contributed by atoms with E-state index in [1.165, 1.54) is 15.9 Å². The van der Waals surface area contributed by atoms with Crippen LogP contribution in [0.1, 0.15) is 11.8 Å². The van der Waals surface area contributed by atoms with Gasteiger partial charge in [-0.2, -0.15) is 5.10 Å². The molecule has 1 unspecified atom stereocenters. The summed E-state index contributed by atoms with van der Waals surface area (Å²) in [4.78, 5) is 26.0. The van der Waals surface area contributed by atoms with E-state index >= 15 is 0 Å². The van der Waals surface area contributed by atoms with E-state index in [-0.39, 0.29) is 5.84 Å². The third-order valence-electron chi connectivity index (χ3n) is 4.45. The molecule has 4 heterocycles. The predicted molar refractivity (Wildman–Crippen MR) is 90.6 cm³/mol. The molecule has 2 aromatic heterocycles. The molecule has 4 atom stereocenters. The number of amidine groups is 1. The zero-order valence-corrected chi connectivity index (χ0v) is 14.8. The fourth-order valence-corrected chi connectivity index (χ4v) is 3.57. The van der Waals surface area contributed by atoms with Crippen LogP contribution in [0.25, 0.3) is 11.0 Å². The monoisotopic (exact) mass is 400 g/mol. The molecule has 27 heavy (non-hydrogen) atoms. The first-order chi connectivity index (χ1) is 12.7. The first kappa shape index (κ1) is 18.3. The highest BCUT2D eigenvalue weighted by molar-refractivity contribution is 7.46. The van der Waals surface area contributed by atoms with E-state index in [9.17, 15) is 14.8 Å². The van der Waals surface area contributed by atoms with Crippen molar-refractivity contribution < 1.29 is 33.8 Å². The molecule has 2 aromatic rings. The molecule has 14 heteroatoms. The Labute approximate surface area is 151 Å². The van der Waals surface area contributed by atoms with Crippen LogP contribution in [-0.2, 0) is 13.8 Å². The third-order valence-corrected chi connectivity index (χ3v) is 4.93. The minimum atomic E-state index is -4.75. The Kier molecular flexibility index (Phi) is 4.20. The average molecular weight is 400 g/mol. The smallest absolute Gasteiger partial charge is 0.387 e. The van der Waals surface area contributed by atoms with Gasteiger partial charge in [-0.25, -0.2) is 19.5 Å². The van der Waals surface area contributed by atoms with Crippen molar-refractivity contribution in [2.45, 2.75) is 24.5 Å². The van der Waals surface area contributed by atoms with E-state index in [0.29, 0.717) is 22.4 Å². The summed E-state index contributed by atoms with van der Waals surface area (Å²) in [6, 6.07) is 0. The molecule has 1 fully saturated rings. The molecule has 13 nitrogen and oxygen atoms in total. The number of nitrogens with zero attached hydrogens (tertiary/aromatic N) is 5. The second-order valence-electron chi connectivity index (χ2n) is 6.19. The number of hydrogen-bond donors (Lipinski definition) is 5. The zero-order chi connectivity index (χ0) is 19.5. The van der Waals surface area contributed by atoms with Crippen LogP contribution in [0.15, 0.2) is 17.6 Å². The van der Waals surface area contributed by atoms with Gasteiger partial charge in [0.25, 0.3) is 0 Å². The Hall–Kier alpha value is -2.12. The quantitative estimate of drug-likeness (QED) is 0.365. The maximum Gasteiger partial charge on any atom is 0.469 e. The van der Waals surface area contributed by atoms with E-state index < -0.39 is 39.0 Å². The number of phosphoric ester groups is 1. The number of aromatic nitrogens is 3. The van der Waals surface area contributed by atoms with Crippen molar-refractivity contribution in [1.82, 2.24) is 14.5 Å². The van der Waals surface area contributed by atoms with Crippen LogP contribution in [0.4, 0.5) is 5.82 Å². The third kappa shape index (κ3) is 2.99. The van der Waals surface area contributed by atoms with Gasteiger partial charge in [0, 0.05) is 18.8 Å². The van der Waals surface area contributed by atoms with Gasteiger partial charge in [0.05, 0.1) is 12.0 Å². The first-order valence-corrected chi connectivity index (χ1v) is 9.36. The molecular formula is C13H17N6O7P. The van der Waals surface area contributed by atoms with Gasteiger partial charge in [-0.05, 0) is 0 Å². The number of hydrazone groups is 1. The van der Waals surface area contributed by atoms with Gasteiger partial charge in [0.15, 0.2) is 17.9 Å². The maximum atomic E-state index is 10.9. The summed E-state index contributed by atoms with van der Waals surface area (Å²) in [5, 5.41) is 26.8. The second-order valence-corrected chi connectivity index (χ2v) is 7.43. The zero-order valence-electron chi connectivity index (χ0n) is 13.9. The molecule has 0 radical (unpaired) electrons. The van der Waals surface area contributed by atoms with Gasteiger partial charge in [0.1, 0.15) is 30.3 Å². The van der Waals surface area contributed by atoms with Gasteiger partial charge in [0.2, 0.25) is 0 Å². The number of hydrogen-bond acceptors (Lipinski definition) is 10. The summed E-state index contributed by atoms with van der Waals surface area (Å²) in [5.74, 6) is 0.732. The molecule has 2 aliphatic rings. The number of aliphatic hydroxyl groups is 2. The first-order valence-electron chi connectivity index (χ1n) is 7.83. The van der Waals surface area contributed by atoms with Crippen LogP contribution < -0.4 is 10.7 Å². The Morgan fingerprint density at radius 3 is 2.78 bits per heavy atom. The van der Waals surface area contributed by atoms with Crippen LogP contribution in [0.3, 0.4) is 0 Å². The molecule has 1 saturated heterocycles. The highest BCUT2D eigenvalue weighted by Crippen LogP contribution is 2.40. The highest BCUT2D eigenvalue weighted by Gasteiger charge is 2.45. The maximum absolute atomic E-state index is 10.9. The van der Waals surface area contributed by atoms with Crippen LogP contribution in [0.2, 0.25) is 0 Å². The van der Waals surface area contributed by atoms with Crippen molar-refractivity contribution in [2.75, 3.05) is 18.7 Å². The fraction of sp³-hybridized carbons (Fsp3) is 0.462. The summed E-state index contributed by atoms with van der Waals surface area (Å²) in [5.41, 5.74) is 6.91. The van der Waals surface area contributed by atoms with E-state index in [0.717, 1.165) is 0 Å². The Bertz CT molecular complexity index is 973. The van der Waals surface area contributed by atoms with Crippen LogP contribution in [0.5, 0.6) is 0 Å². The minimum Gasteiger partial charge on any atom is -0.387 e. The molecular weight excluding hydrogens is 383 g/mol. The number of ether oxygens (including phenoxy) is 1. The van der Waals surface area contributed by atoms with Crippen LogP contribution in [0, 0.1) is 0 Å². The standard InChI is InChI=1S/C13H17N6O7P/c1-18-11-7-5(10(14)17-18)2-19(12(7)16-4-15-11)13-9(21)8(20)6(26-13)3-25-27(22,23)24/h2,4,6,8-9,13,20-21H,3H2,1H3,(H2,14,17)(H2,22,23,24)/t6-,8+,9?,13-/m1/s1. The topological polar surface area (TPSA) is 189 Å². The molecule has 4 rings (SSSR count). The van der Waals surface area contributed by atoms with E-state index in [1.807, 2.05) is 0 Å². The van der Waals surface area contributed by atoms with Crippen molar-refractivity contribution >= 4 is 30.5 Å². The summed E-state index contributed by atoms with van der Waals surface area (Å²) in [7, 11) is -3.07. The lowest BCUT2D eigenvalue weighted by Crippen LogP contribution is -2.33. The van der Waals surface area contributed by atoms with Crippen molar-refractivity contribution in [2.24, 2.45) is 10.8 Å². The van der Waals surface area contributed by atoms with Gasteiger partial charge in [-0.15, -0.1) is 0 Å². The SMILES string of the molecule is CN1N=C(N)c2cn([C@@H]3O[C@H](COP(=O)(O)O)[C@H](O)C3O)c3ncnc1c23. The number of anilines is 1. The molecule has 6 N–H and O–H groups in total. The summed E-state index contributed by atoms with van der Waals surface area (Å²) in [6.07, 6.45) is -2.17. The lowest BCUT2D eigenvalue weighted by Gasteiger charge is -2.19. The van der Waals surface area contributed by atoms with E-state index in [2.05, 4.69) is 19.6 Å². The van der Waals surface area contributed by atoms with Gasteiger partial charge < -0.3 is 35.0 Å². The average Bonchev–Trinajstić information content (AvgIpc) is 3.11. The van der Waals surface area contributed by atoms with Gasteiger partial charge >= 0.3 is 7.82 Å². The highest BCUT2D eigenvalue weighted by atomic mass is 31.2. The van der Waals surface area contributed by atoms with Crippen molar-refractivity contribution in [3.05, 3.63) is 18.1 Å². The van der Waals surface area contributed by atoms with E-state index in [1.54, 1.807) is 13.2 Å². The van der Waals surface area contributed by atoms with Gasteiger partial charge in [-0.3, -0.25) is 4.52 Å². The summed E-state index contributed by atoms with van der Waals surface area (Å²) >= 11 is 0. The normalized spacial score (nSPS) is 28.0. The van der Waals surface area contributed by atoms with E-state index in [4.69, 9.17) is 20.3 Å². The molecule has 0 aliphatic carbocycles. The lowest BCUT2D eigenvalue weighted by atomic mass is 10.1. The molecule has 146 valence electrons. The minimum absolute atomic E-state index is 0.220. The molecule has 0 bridgehead atoms. The van der Waals surface area contributed by atoms with Crippen molar-refractivity contribution in [3.8, 4) is 0 Å². The lowest BCUT2D eigenvalue weighted by molar-refractivity contribution is -0.0501. The number of rotatable bonds is 4. The number of phosphoric acid groups is 1. The predicted octanol–water partition coefficient (Wildman–Crippen LogP) is -1.77. The second kappa shape index (κ2) is 6.21. The largest absolute Gasteiger partial charge is 0.469 e.